The fraction of sp³-hybridized carbons (Fsp3) is 0.278. The summed E-state index contributed by atoms with van der Waals surface area (Å²) in [5.74, 6) is -0.184. The first-order valence-electron chi connectivity index (χ1n) is 7.17. The largest absolute Gasteiger partial charge is 0.453 e. The predicted molar refractivity (Wildman–Crippen MR) is 77.7 cm³/mol. The van der Waals surface area contributed by atoms with Gasteiger partial charge in [-0.25, -0.2) is 0 Å². The Morgan fingerprint density at radius 3 is 1.95 bits per heavy atom. The summed E-state index contributed by atoms with van der Waals surface area (Å²) in [7, 11) is 0. The molecule has 106 valence electrons. The van der Waals surface area contributed by atoms with Crippen molar-refractivity contribution in [2.75, 3.05) is 0 Å². The van der Waals surface area contributed by atoms with Gasteiger partial charge in [0.05, 0.1) is 6.42 Å². The summed E-state index contributed by atoms with van der Waals surface area (Å²) in [4.78, 5) is 11.8. The van der Waals surface area contributed by atoms with Crippen molar-refractivity contribution in [3.8, 4) is 0 Å². The lowest BCUT2D eigenvalue weighted by molar-refractivity contribution is -0.310. The molecule has 2 unspecified atom stereocenters. The quantitative estimate of drug-likeness (QED) is 0.793. The Kier molecular flexibility index (Phi) is 2.51. The number of benzene rings is 2. The Bertz CT molecular complexity index is 641. The van der Waals surface area contributed by atoms with Crippen molar-refractivity contribution in [1.29, 1.82) is 0 Å². The average molecular weight is 280 g/mol. The minimum absolute atomic E-state index is 0.176. The summed E-state index contributed by atoms with van der Waals surface area (Å²) < 4.78 is 12.0. The molecule has 3 heteroatoms. The molecule has 2 saturated heterocycles. The van der Waals surface area contributed by atoms with Gasteiger partial charge in [0.25, 0.3) is 0 Å². The first kappa shape index (κ1) is 12.6. The highest BCUT2D eigenvalue weighted by atomic mass is 16.7. The fourth-order valence-electron chi connectivity index (χ4n) is 3.64. The van der Waals surface area contributed by atoms with E-state index in [4.69, 9.17) is 9.47 Å². The van der Waals surface area contributed by atoms with Crippen molar-refractivity contribution in [3.63, 3.8) is 0 Å². The van der Waals surface area contributed by atoms with Gasteiger partial charge in [-0.1, -0.05) is 60.7 Å². The number of esters is 1. The second kappa shape index (κ2) is 4.18. The number of carbonyl (C=O) groups is 1. The third kappa shape index (κ3) is 1.49. The third-order valence-corrected chi connectivity index (χ3v) is 4.67. The molecular formula is C18H16O3. The van der Waals surface area contributed by atoms with Crippen LogP contribution < -0.4 is 0 Å². The van der Waals surface area contributed by atoms with Crippen LogP contribution in [0.2, 0.25) is 0 Å². The zero-order valence-electron chi connectivity index (χ0n) is 11.8. The molecule has 2 aliphatic rings. The van der Waals surface area contributed by atoms with E-state index in [-0.39, 0.29) is 12.1 Å². The van der Waals surface area contributed by atoms with Crippen molar-refractivity contribution in [3.05, 3.63) is 71.8 Å². The monoisotopic (exact) mass is 280 g/mol. The van der Waals surface area contributed by atoms with E-state index in [9.17, 15) is 4.79 Å². The van der Waals surface area contributed by atoms with Crippen LogP contribution in [0.4, 0.5) is 0 Å². The van der Waals surface area contributed by atoms with Crippen molar-refractivity contribution in [2.24, 2.45) is 0 Å². The molecule has 0 spiro atoms. The number of carbonyl (C=O) groups excluding carboxylic acids is 1. The van der Waals surface area contributed by atoms with E-state index in [1.165, 1.54) is 0 Å². The normalized spacial score (nSPS) is 29.4. The Hall–Kier alpha value is -2.13. The van der Waals surface area contributed by atoms with E-state index in [0.717, 1.165) is 11.1 Å². The van der Waals surface area contributed by atoms with Gasteiger partial charge in [0.1, 0.15) is 6.10 Å². The van der Waals surface area contributed by atoms with Crippen LogP contribution in [-0.2, 0) is 19.9 Å². The van der Waals surface area contributed by atoms with Crippen LogP contribution in [0.1, 0.15) is 24.5 Å². The van der Waals surface area contributed by atoms with E-state index in [0.29, 0.717) is 6.42 Å². The summed E-state index contributed by atoms with van der Waals surface area (Å²) in [6, 6.07) is 20.0. The van der Waals surface area contributed by atoms with Gasteiger partial charge in [-0.2, -0.15) is 0 Å². The highest BCUT2D eigenvalue weighted by molar-refractivity contribution is 5.75. The van der Waals surface area contributed by atoms with Crippen LogP contribution in [0.25, 0.3) is 0 Å². The Labute approximate surface area is 123 Å². The van der Waals surface area contributed by atoms with Gasteiger partial charge in [0.15, 0.2) is 11.2 Å². The first-order valence-corrected chi connectivity index (χ1v) is 7.17. The topological polar surface area (TPSA) is 35.5 Å². The third-order valence-electron chi connectivity index (χ3n) is 4.67. The Morgan fingerprint density at radius 1 is 0.952 bits per heavy atom. The summed E-state index contributed by atoms with van der Waals surface area (Å²) in [5, 5.41) is 0. The molecule has 2 aliphatic heterocycles. The van der Waals surface area contributed by atoms with Crippen LogP contribution in [0, 0.1) is 0 Å². The van der Waals surface area contributed by atoms with E-state index in [1.807, 2.05) is 67.6 Å². The lowest BCUT2D eigenvalue weighted by atomic mass is 9.66. The fourth-order valence-corrected chi connectivity index (χ4v) is 3.64. The van der Waals surface area contributed by atoms with Crippen LogP contribution in [0.3, 0.4) is 0 Å². The SMILES string of the molecule is CC12OC(=O)CC1OC2(c1ccccc1)c1ccccc1. The average Bonchev–Trinajstić information content (AvgIpc) is 2.74. The van der Waals surface area contributed by atoms with Gasteiger partial charge in [-0.05, 0) is 18.1 Å². The molecule has 0 amide bonds. The lowest BCUT2D eigenvalue weighted by Crippen LogP contribution is -2.69. The number of rotatable bonds is 2. The molecule has 2 aromatic carbocycles. The molecule has 21 heavy (non-hydrogen) atoms. The summed E-state index contributed by atoms with van der Waals surface area (Å²) >= 11 is 0. The van der Waals surface area contributed by atoms with E-state index >= 15 is 0 Å². The van der Waals surface area contributed by atoms with E-state index in [1.54, 1.807) is 0 Å². The van der Waals surface area contributed by atoms with Gasteiger partial charge in [-0.15, -0.1) is 0 Å². The molecular weight excluding hydrogens is 264 g/mol. The van der Waals surface area contributed by atoms with Crippen LogP contribution in [0.15, 0.2) is 60.7 Å². The Balaban J connectivity index is 1.92. The zero-order chi connectivity index (χ0) is 14.5. The second-order valence-corrected chi connectivity index (χ2v) is 5.80. The molecule has 2 aromatic rings. The molecule has 2 atom stereocenters. The minimum atomic E-state index is -0.716. The van der Waals surface area contributed by atoms with Gasteiger partial charge in [-0.3, -0.25) is 4.79 Å². The molecule has 0 saturated carbocycles. The van der Waals surface area contributed by atoms with Crippen molar-refractivity contribution >= 4 is 5.97 Å². The number of ether oxygens (including phenoxy) is 2. The van der Waals surface area contributed by atoms with Gasteiger partial charge >= 0.3 is 5.97 Å². The van der Waals surface area contributed by atoms with Gasteiger partial charge in [0, 0.05) is 0 Å². The maximum absolute atomic E-state index is 11.8. The standard InChI is InChI=1S/C18H16O3/c1-17-15(12-16(19)21-17)20-18(17,13-8-4-2-5-9-13)14-10-6-3-7-11-14/h2-11,15H,12H2,1H3. The summed E-state index contributed by atoms with van der Waals surface area (Å²) in [6.45, 7) is 1.98. The maximum atomic E-state index is 11.8. The van der Waals surface area contributed by atoms with Crippen LogP contribution in [-0.4, -0.2) is 17.7 Å². The molecule has 0 N–H and O–H groups in total. The van der Waals surface area contributed by atoms with Gasteiger partial charge < -0.3 is 9.47 Å². The highest BCUT2D eigenvalue weighted by Gasteiger charge is 2.72. The smallest absolute Gasteiger partial charge is 0.309 e. The molecule has 0 aromatic heterocycles. The molecule has 0 bridgehead atoms. The van der Waals surface area contributed by atoms with Crippen molar-refractivity contribution in [2.45, 2.75) is 30.7 Å². The number of fused-ring (bicyclic) bond motifs is 1. The van der Waals surface area contributed by atoms with E-state index < -0.39 is 11.2 Å². The lowest BCUT2D eigenvalue weighted by Gasteiger charge is -2.57. The molecule has 4 rings (SSSR count). The molecule has 2 fully saturated rings. The molecule has 2 heterocycles. The first-order chi connectivity index (χ1) is 10.2. The van der Waals surface area contributed by atoms with Crippen LogP contribution >= 0.6 is 0 Å². The van der Waals surface area contributed by atoms with Crippen LogP contribution in [0.5, 0.6) is 0 Å². The second-order valence-electron chi connectivity index (χ2n) is 5.80. The maximum Gasteiger partial charge on any atom is 0.309 e. The minimum Gasteiger partial charge on any atom is -0.453 e. The molecule has 0 aliphatic carbocycles. The van der Waals surface area contributed by atoms with Crippen molar-refractivity contribution in [1.82, 2.24) is 0 Å². The highest BCUT2D eigenvalue weighted by Crippen LogP contribution is 2.59. The molecule has 0 radical (unpaired) electrons. The zero-order valence-corrected chi connectivity index (χ0v) is 11.8. The molecule has 3 nitrogen and oxygen atoms in total. The number of hydrogen-bond donors (Lipinski definition) is 0. The summed E-state index contributed by atoms with van der Waals surface area (Å²) in [6.07, 6.45) is 0.156. The predicted octanol–water partition coefficient (Wildman–Crippen LogP) is 3.03. The van der Waals surface area contributed by atoms with Gasteiger partial charge in [0.2, 0.25) is 0 Å². The van der Waals surface area contributed by atoms with E-state index in [2.05, 4.69) is 0 Å². The Morgan fingerprint density at radius 2 is 1.48 bits per heavy atom. The van der Waals surface area contributed by atoms with Crippen molar-refractivity contribution < 1.29 is 14.3 Å². The summed E-state index contributed by atoms with van der Waals surface area (Å²) in [5.41, 5.74) is 0.674. The number of hydrogen-bond acceptors (Lipinski definition) is 3.